The van der Waals surface area contributed by atoms with Crippen LogP contribution in [0.25, 0.3) is 11.0 Å². The summed E-state index contributed by atoms with van der Waals surface area (Å²) in [7, 11) is 0. The molecule has 1 saturated heterocycles. The van der Waals surface area contributed by atoms with Crippen molar-refractivity contribution in [3.8, 4) is 0 Å². The summed E-state index contributed by atoms with van der Waals surface area (Å²) in [6.07, 6.45) is 2.57. The van der Waals surface area contributed by atoms with Crippen LogP contribution in [0.4, 0.5) is 0 Å². The molecule has 1 aliphatic heterocycles. The molecule has 1 aromatic carbocycles. The smallest absolute Gasteiger partial charge is 0.124 e. The minimum Gasteiger partial charge on any atom is -0.392 e. The minimum atomic E-state index is 0.505. The second kappa shape index (κ2) is 5.27. The van der Waals surface area contributed by atoms with E-state index in [2.05, 4.69) is 15.5 Å². The lowest BCUT2D eigenvalue weighted by Gasteiger charge is -2.15. The van der Waals surface area contributed by atoms with Gasteiger partial charge in [-0.05, 0) is 38.1 Å². The summed E-state index contributed by atoms with van der Waals surface area (Å²) in [6.45, 7) is 3.78. The van der Waals surface area contributed by atoms with E-state index in [1.165, 1.54) is 12.8 Å². The first-order valence-electron chi connectivity index (χ1n) is 6.69. The number of imidazole rings is 1. The third-order valence-corrected chi connectivity index (χ3v) is 3.74. The van der Waals surface area contributed by atoms with Gasteiger partial charge in [-0.15, -0.1) is 0 Å². The van der Waals surface area contributed by atoms with Gasteiger partial charge in [0.25, 0.3) is 0 Å². The Bertz CT molecular complexity index is 599. The SMILES string of the molecule is NC(=S)Cn1c(CN2CCCC2)nc2ccccc21. The number of hydrogen-bond acceptors (Lipinski definition) is 3. The van der Waals surface area contributed by atoms with Gasteiger partial charge in [-0.25, -0.2) is 4.98 Å². The maximum Gasteiger partial charge on any atom is 0.124 e. The van der Waals surface area contributed by atoms with E-state index in [0.29, 0.717) is 11.5 Å². The van der Waals surface area contributed by atoms with Crippen LogP contribution in [0.3, 0.4) is 0 Å². The summed E-state index contributed by atoms with van der Waals surface area (Å²) < 4.78 is 2.15. The molecule has 5 heteroatoms. The fraction of sp³-hybridized carbons (Fsp3) is 0.429. The average Bonchev–Trinajstić information content (AvgIpc) is 2.99. The predicted molar refractivity (Wildman–Crippen MR) is 81.0 cm³/mol. The van der Waals surface area contributed by atoms with Gasteiger partial charge in [0, 0.05) is 0 Å². The fourth-order valence-electron chi connectivity index (χ4n) is 2.72. The van der Waals surface area contributed by atoms with Crippen molar-refractivity contribution < 1.29 is 0 Å². The molecule has 0 bridgehead atoms. The average molecular weight is 274 g/mol. The van der Waals surface area contributed by atoms with Crippen LogP contribution in [0.15, 0.2) is 24.3 Å². The summed E-state index contributed by atoms with van der Waals surface area (Å²) >= 11 is 5.06. The summed E-state index contributed by atoms with van der Waals surface area (Å²) in [5.41, 5.74) is 7.86. The Labute approximate surface area is 118 Å². The van der Waals surface area contributed by atoms with Gasteiger partial charge in [0.1, 0.15) is 5.82 Å². The molecule has 2 heterocycles. The molecule has 2 aromatic rings. The number of thiocarbonyl (C=S) groups is 1. The highest BCUT2D eigenvalue weighted by Crippen LogP contribution is 2.19. The molecule has 0 atom stereocenters. The third-order valence-electron chi connectivity index (χ3n) is 3.61. The first-order valence-corrected chi connectivity index (χ1v) is 7.09. The zero-order valence-corrected chi connectivity index (χ0v) is 11.7. The highest BCUT2D eigenvalue weighted by atomic mass is 32.1. The number of nitrogens with two attached hydrogens (primary N) is 1. The molecule has 19 heavy (non-hydrogen) atoms. The van der Waals surface area contributed by atoms with Crippen molar-refractivity contribution in [3.05, 3.63) is 30.1 Å². The van der Waals surface area contributed by atoms with Crippen molar-refractivity contribution in [2.24, 2.45) is 5.73 Å². The zero-order valence-electron chi connectivity index (χ0n) is 10.9. The molecule has 4 nitrogen and oxygen atoms in total. The number of nitrogens with zero attached hydrogens (tertiary/aromatic N) is 3. The van der Waals surface area contributed by atoms with Crippen molar-refractivity contribution >= 4 is 28.2 Å². The van der Waals surface area contributed by atoms with Crippen LogP contribution in [-0.2, 0) is 13.1 Å². The minimum absolute atomic E-state index is 0.505. The van der Waals surface area contributed by atoms with Crippen LogP contribution in [0, 0.1) is 0 Å². The topological polar surface area (TPSA) is 47.1 Å². The molecule has 0 radical (unpaired) electrons. The molecular formula is C14H18N4S. The van der Waals surface area contributed by atoms with Gasteiger partial charge >= 0.3 is 0 Å². The number of para-hydroxylation sites is 2. The van der Waals surface area contributed by atoms with E-state index in [-0.39, 0.29) is 0 Å². The molecule has 0 saturated carbocycles. The van der Waals surface area contributed by atoms with E-state index in [9.17, 15) is 0 Å². The van der Waals surface area contributed by atoms with Gasteiger partial charge in [-0.2, -0.15) is 0 Å². The van der Waals surface area contributed by atoms with Gasteiger partial charge in [0.05, 0.1) is 29.1 Å². The lowest BCUT2D eigenvalue weighted by Crippen LogP contribution is -2.24. The van der Waals surface area contributed by atoms with Crippen LogP contribution >= 0.6 is 12.2 Å². The molecule has 0 spiro atoms. The van der Waals surface area contributed by atoms with Crippen molar-refractivity contribution in [2.75, 3.05) is 13.1 Å². The number of fused-ring (bicyclic) bond motifs is 1. The van der Waals surface area contributed by atoms with E-state index < -0.39 is 0 Å². The lowest BCUT2D eigenvalue weighted by molar-refractivity contribution is 0.319. The number of benzene rings is 1. The monoisotopic (exact) mass is 274 g/mol. The molecule has 0 amide bonds. The highest BCUT2D eigenvalue weighted by Gasteiger charge is 2.17. The number of rotatable bonds is 4. The van der Waals surface area contributed by atoms with Crippen LogP contribution in [0.5, 0.6) is 0 Å². The van der Waals surface area contributed by atoms with Crippen LogP contribution in [-0.4, -0.2) is 32.5 Å². The van der Waals surface area contributed by atoms with Crippen LogP contribution < -0.4 is 5.73 Å². The molecule has 100 valence electrons. The molecule has 0 unspecified atom stereocenters. The van der Waals surface area contributed by atoms with Crippen molar-refractivity contribution in [1.29, 1.82) is 0 Å². The normalized spacial score (nSPS) is 16.2. The molecule has 2 N–H and O–H groups in total. The van der Waals surface area contributed by atoms with Gasteiger partial charge < -0.3 is 10.3 Å². The van der Waals surface area contributed by atoms with E-state index in [1.54, 1.807) is 0 Å². The Morgan fingerprint density at radius 3 is 2.74 bits per heavy atom. The number of likely N-dealkylation sites (tertiary alicyclic amines) is 1. The molecular weight excluding hydrogens is 256 g/mol. The first kappa shape index (κ1) is 12.6. The summed E-state index contributed by atoms with van der Waals surface area (Å²) in [6, 6.07) is 8.16. The Balaban J connectivity index is 1.98. The Morgan fingerprint density at radius 1 is 1.26 bits per heavy atom. The second-order valence-electron chi connectivity index (χ2n) is 5.05. The predicted octanol–water partition coefficient (Wildman–Crippen LogP) is 1.92. The standard InChI is InChI=1S/C14H18N4S/c15-13(19)9-18-12-6-2-1-5-11(12)16-14(18)10-17-7-3-4-8-17/h1-2,5-6H,3-4,7-10H2,(H2,15,19). The summed E-state index contributed by atoms with van der Waals surface area (Å²) in [5.74, 6) is 1.07. The Morgan fingerprint density at radius 2 is 2.00 bits per heavy atom. The number of hydrogen-bond donors (Lipinski definition) is 1. The second-order valence-corrected chi connectivity index (χ2v) is 5.58. The van der Waals surface area contributed by atoms with E-state index in [0.717, 1.165) is 36.5 Å². The summed E-state index contributed by atoms with van der Waals surface area (Å²) in [5, 5.41) is 0. The third kappa shape index (κ3) is 2.62. The van der Waals surface area contributed by atoms with Crippen LogP contribution in [0.1, 0.15) is 18.7 Å². The summed E-state index contributed by atoms with van der Waals surface area (Å²) in [4.78, 5) is 7.68. The van der Waals surface area contributed by atoms with Crippen molar-refractivity contribution in [2.45, 2.75) is 25.9 Å². The highest BCUT2D eigenvalue weighted by molar-refractivity contribution is 7.80. The lowest BCUT2D eigenvalue weighted by atomic mass is 10.3. The number of aromatic nitrogens is 2. The Hall–Kier alpha value is -1.46. The van der Waals surface area contributed by atoms with Gasteiger partial charge in [0.15, 0.2) is 0 Å². The molecule has 1 aromatic heterocycles. The molecule has 0 aliphatic carbocycles. The van der Waals surface area contributed by atoms with Gasteiger partial charge in [0.2, 0.25) is 0 Å². The largest absolute Gasteiger partial charge is 0.392 e. The van der Waals surface area contributed by atoms with Gasteiger partial charge in [-0.3, -0.25) is 4.90 Å². The maximum atomic E-state index is 5.72. The zero-order chi connectivity index (χ0) is 13.2. The van der Waals surface area contributed by atoms with E-state index in [1.807, 2.05) is 18.2 Å². The quantitative estimate of drug-likeness (QED) is 0.865. The van der Waals surface area contributed by atoms with E-state index in [4.69, 9.17) is 22.9 Å². The van der Waals surface area contributed by atoms with Crippen molar-refractivity contribution in [1.82, 2.24) is 14.5 Å². The van der Waals surface area contributed by atoms with Crippen molar-refractivity contribution in [3.63, 3.8) is 0 Å². The fourth-order valence-corrected chi connectivity index (χ4v) is 2.85. The first-order chi connectivity index (χ1) is 9.24. The van der Waals surface area contributed by atoms with Gasteiger partial charge in [-0.1, -0.05) is 24.4 Å². The maximum absolute atomic E-state index is 5.72. The molecule has 1 aliphatic rings. The van der Waals surface area contributed by atoms with E-state index >= 15 is 0 Å². The van der Waals surface area contributed by atoms with Crippen LogP contribution in [0.2, 0.25) is 0 Å². The molecule has 3 rings (SSSR count). The Kier molecular flexibility index (Phi) is 3.48. The molecule has 1 fully saturated rings.